The number of benzene rings is 2. The molecule has 0 fully saturated rings. The number of hydrogen-bond acceptors (Lipinski definition) is 4. The van der Waals surface area contributed by atoms with Gasteiger partial charge in [-0.05, 0) is 35.3 Å². The molecule has 1 aliphatic rings. The molecule has 0 aromatic heterocycles. The average Bonchev–Trinajstić information content (AvgIpc) is 2.80. The van der Waals surface area contributed by atoms with Gasteiger partial charge in [-0.25, -0.2) is 17.2 Å². The second kappa shape index (κ2) is 5.34. The number of fused-ring (bicyclic) bond motifs is 1. The van der Waals surface area contributed by atoms with Crippen LogP contribution < -0.4 is 10.2 Å². The molecule has 5 nitrogen and oxygen atoms in total. The van der Waals surface area contributed by atoms with Gasteiger partial charge in [-0.3, -0.25) is 4.72 Å². The zero-order valence-electron chi connectivity index (χ0n) is 11.1. The van der Waals surface area contributed by atoms with Crippen molar-refractivity contribution >= 4 is 28.3 Å². The topological polar surface area (TPSA) is 75.6 Å². The molecule has 0 saturated carbocycles. The van der Waals surface area contributed by atoms with E-state index in [1.807, 2.05) is 4.72 Å². The summed E-state index contributed by atoms with van der Waals surface area (Å²) >= 11 is 0. The van der Waals surface area contributed by atoms with Crippen LogP contribution in [-0.4, -0.2) is 20.6 Å². The van der Waals surface area contributed by atoms with Crippen LogP contribution in [-0.2, 0) is 21.3 Å². The van der Waals surface area contributed by atoms with Gasteiger partial charge in [0.2, 0.25) is 0 Å². The van der Waals surface area contributed by atoms with Gasteiger partial charge in [0.05, 0.1) is 12.3 Å². The van der Waals surface area contributed by atoms with E-state index in [4.69, 9.17) is 4.65 Å². The third-order valence-corrected chi connectivity index (χ3v) is 4.66. The first-order chi connectivity index (χ1) is 10.4. The second-order valence-electron chi connectivity index (χ2n) is 4.73. The Bertz CT molecular complexity index is 844. The molecule has 22 heavy (non-hydrogen) atoms. The first kappa shape index (κ1) is 15.0. The maximum atomic E-state index is 14.0. The lowest BCUT2D eigenvalue weighted by molar-refractivity contribution is 0.275. The van der Waals surface area contributed by atoms with E-state index in [9.17, 15) is 22.2 Å². The fourth-order valence-electron chi connectivity index (χ4n) is 2.19. The van der Waals surface area contributed by atoms with Crippen molar-refractivity contribution in [3.05, 3.63) is 53.6 Å². The zero-order chi connectivity index (χ0) is 15.9. The Balaban J connectivity index is 2.00. The average molecular weight is 325 g/mol. The van der Waals surface area contributed by atoms with Crippen LogP contribution >= 0.6 is 0 Å². The lowest BCUT2D eigenvalue weighted by Crippen LogP contribution is -2.29. The number of rotatable bonds is 3. The highest BCUT2D eigenvalue weighted by molar-refractivity contribution is 7.92. The van der Waals surface area contributed by atoms with E-state index in [-0.39, 0.29) is 17.8 Å². The first-order valence-electron chi connectivity index (χ1n) is 6.28. The smallest absolute Gasteiger partial charge is 0.423 e. The summed E-state index contributed by atoms with van der Waals surface area (Å²) in [5, 5.41) is 9.57. The van der Waals surface area contributed by atoms with Gasteiger partial charge in [0.15, 0.2) is 0 Å². The molecule has 0 amide bonds. The monoisotopic (exact) mass is 325 g/mol. The minimum absolute atomic E-state index is 0.0355. The molecular weight excluding hydrogens is 315 g/mol. The second-order valence-corrected chi connectivity index (χ2v) is 6.38. The van der Waals surface area contributed by atoms with Gasteiger partial charge in [0.1, 0.15) is 16.5 Å². The van der Waals surface area contributed by atoms with Crippen LogP contribution in [0.3, 0.4) is 0 Å². The molecule has 0 radical (unpaired) electrons. The molecule has 0 unspecified atom stereocenters. The molecule has 2 aromatic carbocycles. The largest absolute Gasteiger partial charge is 0.491 e. The van der Waals surface area contributed by atoms with Crippen LogP contribution in [0.25, 0.3) is 0 Å². The molecule has 1 heterocycles. The van der Waals surface area contributed by atoms with Crippen LogP contribution in [0.1, 0.15) is 5.56 Å². The van der Waals surface area contributed by atoms with Gasteiger partial charge in [0.25, 0.3) is 10.0 Å². The Kier molecular flexibility index (Phi) is 3.63. The van der Waals surface area contributed by atoms with E-state index >= 15 is 0 Å². The summed E-state index contributed by atoms with van der Waals surface area (Å²) in [5.41, 5.74) is 0.318. The fourth-order valence-corrected chi connectivity index (χ4v) is 3.32. The van der Waals surface area contributed by atoms with Gasteiger partial charge in [0, 0.05) is 0 Å². The van der Waals surface area contributed by atoms with E-state index in [1.54, 1.807) is 0 Å². The number of halogens is 2. The summed E-state index contributed by atoms with van der Waals surface area (Å²) in [6.45, 7) is 0.0355. The van der Waals surface area contributed by atoms with Crippen molar-refractivity contribution in [2.45, 2.75) is 11.5 Å². The van der Waals surface area contributed by atoms with E-state index in [0.717, 1.165) is 24.3 Å². The van der Waals surface area contributed by atoms with Crippen LogP contribution in [0.2, 0.25) is 0 Å². The maximum absolute atomic E-state index is 14.0. The summed E-state index contributed by atoms with van der Waals surface area (Å²) in [4.78, 5) is -0.591. The molecule has 0 atom stereocenters. The van der Waals surface area contributed by atoms with Crippen molar-refractivity contribution in [3.8, 4) is 0 Å². The van der Waals surface area contributed by atoms with E-state index in [1.165, 1.54) is 12.1 Å². The predicted molar refractivity (Wildman–Crippen MR) is 76.0 cm³/mol. The summed E-state index contributed by atoms with van der Waals surface area (Å²) in [6, 6.07) is 6.98. The van der Waals surface area contributed by atoms with E-state index in [2.05, 4.69) is 0 Å². The van der Waals surface area contributed by atoms with E-state index < -0.39 is 33.7 Å². The molecule has 114 valence electrons. The Morgan fingerprint density at radius 2 is 1.91 bits per heavy atom. The molecule has 9 heteroatoms. The highest BCUT2D eigenvalue weighted by Crippen LogP contribution is 2.23. The van der Waals surface area contributed by atoms with Crippen molar-refractivity contribution in [2.75, 3.05) is 4.72 Å². The summed E-state index contributed by atoms with van der Waals surface area (Å²) in [5.74, 6) is -1.78. The molecule has 0 saturated heterocycles. The zero-order valence-corrected chi connectivity index (χ0v) is 11.9. The van der Waals surface area contributed by atoms with Crippen molar-refractivity contribution < 1.29 is 26.9 Å². The van der Waals surface area contributed by atoms with E-state index in [0.29, 0.717) is 5.56 Å². The van der Waals surface area contributed by atoms with Crippen LogP contribution in [0.4, 0.5) is 14.5 Å². The first-order valence-corrected chi connectivity index (χ1v) is 7.76. The number of hydrogen-bond donors (Lipinski definition) is 2. The summed E-state index contributed by atoms with van der Waals surface area (Å²) in [6.07, 6.45) is 0. The third kappa shape index (κ3) is 2.58. The Morgan fingerprint density at radius 1 is 1.18 bits per heavy atom. The SMILES string of the molecule is O=S(=O)(Nc1cc2c(cc1F)COB2O)c1ccccc1F. The highest BCUT2D eigenvalue weighted by Gasteiger charge is 2.30. The molecular formula is C13H10BF2NO4S. The van der Waals surface area contributed by atoms with Crippen LogP contribution in [0.15, 0.2) is 41.3 Å². The standard InChI is InChI=1S/C13H10BF2NO4S/c15-10-3-1-2-4-13(10)22(19,20)17-12-6-9-8(5-11(12)16)7-21-14(9)18/h1-6,17-18H,7H2. The van der Waals surface area contributed by atoms with Crippen LogP contribution in [0.5, 0.6) is 0 Å². The highest BCUT2D eigenvalue weighted by atomic mass is 32.2. The third-order valence-electron chi connectivity index (χ3n) is 3.26. The Morgan fingerprint density at radius 3 is 2.64 bits per heavy atom. The van der Waals surface area contributed by atoms with Gasteiger partial charge in [-0.1, -0.05) is 12.1 Å². The van der Waals surface area contributed by atoms with Crippen molar-refractivity contribution in [1.29, 1.82) is 0 Å². The number of anilines is 1. The molecule has 2 N–H and O–H groups in total. The minimum atomic E-state index is -4.29. The normalized spacial score (nSPS) is 14.0. The molecule has 2 aromatic rings. The molecule has 1 aliphatic heterocycles. The van der Waals surface area contributed by atoms with Crippen molar-refractivity contribution in [1.82, 2.24) is 0 Å². The van der Waals surface area contributed by atoms with Gasteiger partial charge in [-0.2, -0.15) is 0 Å². The number of nitrogens with one attached hydrogen (secondary N) is 1. The molecule has 0 spiro atoms. The van der Waals surface area contributed by atoms with Gasteiger partial charge >= 0.3 is 7.12 Å². The number of sulfonamides is 1. The van der Waals surface area contributed by atoms with Crippen molar-refractivity contribution in [3.63, 3.8) is 0 Å². The Labute approximate surface area is 125 Å². The van der Waals surface area contributed by atoms with Gasteiger partial charge in [-0.15, -0.1) is 0 Å². The molecule has 0 bridgehead atoms. The fraction of sp³-hybridized carbons (Fsp3) is 0.0769. The van der Waals surface area contributed by atoms with Crippen molar-refractivity contribution in [2.24, 2.45) is 0 Å². The lowest BCUT2D eigenvalue weighted by atomic mass is 9.79. The quantitative estimate of drug-likeness (QED) is 0.825. The molecule has 3 rings (SSSR count). The summed E-state index contributed by atoms with van der Waals surface area (Å²) in [7, 11) is -5.53. The Hall–Kier alpha value is -1.97. The van der Waals surface area contributed by atoms with Gasteiger partial charge < -0.3 is 9.68 Å². The molecule has 0 aliphatic carbocycles. The lowest BCUT2D eigenvalue weighted by Gasteiger charge is -2.11. The summed E-state index contributed by atoms with van der Waals surface area (Å²) < 4.78 is 58.8. The predicted octanol–water partition coefficient (Wildman–Crippen LogP) is 0.983. The maximum Gasteiger partial charge on any atom is 0.491 e. The van der Waals surface area contributed by atoms with Crippen LogP contribution in [0, 0.1) is 11.6 Å². The minimum Gasteiger partial charge on any atom is -0.423 e.